The second kappa shape index (κ2) is 41.6. The van der Waals surface area contributed by atoms with Crippen LogP contribution in [0.15, 0.2) is 212 Å². The molecule has 0 radical (unpaired) electrons. The molecule has 0 aromatic heterocycles. The summed E-state index contributed by atoms with van der Waals surface area (Å²) in [5.41, 5.74) is 12.3. The average molecular weight is 1490 g/mol. The number of unbranched alkanes of at least 4 members (excludes halogenated alkanes) is 2. The predicted octanol–water partition coefficient (Wildman–Crippen LogP) is 27.3. The van der Waals surface area contributed by atoms with E-state index in [0.29, 0.717) is 72.7 Å². The Morgan fingerprint density at radius 3 is 1.21 bits per heavy atom. The zero-order chi connectivity index (χ0) is 78.2. The number of hydrogen-bond acceptors (Lipinski definition) is 9. The fourth-order valence-corrected chi connectivity index (χ4v) is 17.8. The smallest absolute Gasteiger partial charge is 0.206 e. The Kier molecular flexibility index (Phi) is 32.0. The molecule has 6 bridgehead atoms. The molecule has 8 aromatic rings. The van der Waals surface area contributed by atoms with Crippen LogP contribution < -0.4 is 18.9 Å². The number of benzene rings is 8. The summed E-state index contributed by atoms with van der Waals surface area (Å²) >= 11 is 0. The van der Waals surface area contributed by atoms with Gasteiger partial charge in [-0.25, -0.2) is 0 Å². The first-order valence-electron chi connectivity index (χ1n) is 42.5. The fraction of sp³-hybridized carbons (Fsp3) is 0.505. The SMILES string of the molecule is CCC(C)c1ccc(O)cc1.CCC(C)c1ccc(O)cc1.CCC(C)c1ccc(OC(OC(C)C)C2(C)CC3C=CC2C3)cc1.CCC(C)c1ccc(OC(OCCOc2ccccc2)C23CC4CC(CC(C4)C2)C3)cc1.CCCCCC(OCC1c2ccccc2-c2ccccc21)Oc1ccc(C(C)CC)cc1. The van der Waals surface area contributed by atoms with Crippen molar-refractivity contribution in [3.8, 4) is 45.6 Å². The summed E-state index contributed by atoms with van der Waals surface area (Å²) in [6.07, 6.45) is 24.9. The van der Waals surface area contributed by atoms with Crippen LogP contribution in [0, 0.1) is 40.4 Å². The van der Waals surface area contributed by atoms with Gasteiger partial charge in [0.2, 0.25) is 12.6 Å². The van der Waals surface area contributed by atoms with Gasteiger partial charge in [-0.3, -0.25) is 0 Å². The normalized spacial score (nSPS) is 22.3. The highest BCUT2D eigenvalue weighted by Gasteiger charge is 2.56. The van der Waals surface area contributed by atoms with Crippen molar-refractivity contribution in [1.29, 1.82) is 0 Å². The molecule has 5 saturated carbocycles. The maximum absolute atomic E-state index is 9.01. The van der Waals surface area contributed by atoms with Crippen LogP contribution in [0.4, 0.5) is 0 Å². The Bertz CT molecular complexity index is 3850. The number of ether oxygens (including phenoxy) is 7. The van der Waals surface area contributed by atoms with Crippen molar-refractivity contribution in [3.63, 3.8) is 0 Å². The molecule has 592 valence electrons. The van der Waals surface area contributed by atoms with Gasteiger partial charge >= 0.3 is 0 Å². The average Bonchev–Trinajstić information content (AvgIpc) is 0.795. The van der Waals surface area contributed by atoms with E-state index < -0.39 is 0 Å². The van der Waals surface area contributed by atoms with Crippen molar-refractivity contribution in [3.05, 3.63) is 251 Å². The molecular formula is C101H134O9. The maximum atomic E-state index is 9.01. The van der Waals surface area contributed by atoms with Crippen LogP contribution in [0.25, 0.3) is 11.1 Å². The number of para-hydroxylation sites is 1. The van der Waals surface area contributed by atoms with E-state index in [0.717, 1.165) is 92.1 Å². The van der Waals surface area contributed by atoms with Gasteiger partial charge in [0, 0.05) is 23.2 Å². The van der Waals surface area contributed by atoms with E-state index in [2.05, 4.69) is 230 Å². The standard InChI is InChI=1S/C30H36O2.C29H38O3.C22H32O2.2C10H14O/c1-4-6-7-16-30(32-24-19-17-23(18-20-24)22(3)5-2)31-21-29-27-14-10-8-12-25(27)26-13-9-11-15-28(26)29;1-3-21(2)25-9-11-27(12-10-25)32-28(31-14-13-30-26-7-5-4-6-8-26)29-18-22-15-23(19-29)17-24(16-22)20-29;1-6-16(4)18-8-11-20(12-9-18)24-21(23-15(2)3)22(5)14-17-7-10-19(22)13-17;2*1-3-8(2)9-4-6-10(11)7-5-9/h8-15,17-20,22,29-30H,4-7,16,21H2,1-3H3;4-12,21-24,28H,3,13-20H2,1-2H3;7-12,15-17,19,21H,6,13-14H2,1-5H3;2*4-8,11H,3H2,1-2H3. The predicted molar refractivity (Wildman–Crippen MR) is 454 cm³/mol. The van der Waals surface area contributed by atoms with Gasteiger partial charge in [0.1, 0.15) is 41.1 Å². The van der Waals surface area contributed by atoms with E-state index in [1.807, 2.05) is 54.6 Å². The fourth-order valence-electron chi connectivity index (χ4n) is 17.8. The van der Waals surface area contributed by atoms with Crippen molar-refractivity contribution < 1.29 is 43.4 Å². The zero-order valence-corrected chi connectivity index (χ0v) is 69.3. The molecule has 0 aliphatic heterocycles. The van der Waals surface area contributed by atoms with E-state index in [1.165, 1.54) is 108 Å². The Hall–Kier alpha value is -7.82. The molecule has 15 rings (SSSR count). The summed E-state index contributed by atoms with van der Waals surface area (Å²) in [5.74, 6) is 11.4. The monoisotopic (exact) mass is 1490 g/mol. The number of rotatable bonds is 32. The lowest BCUT2D eigenvalue weighted by atomic mass is 9.49. The molecule has 0 saturated heterocycles. The Labute approximate surface area is 663 Å². The minimum absolute atomic E-state index is 0.0685. The van der Waals surface area contributed by atoms with E-state index in [-0.39, 0.29) is 41.7 Å². The first-order valence-corrected chi connectivity index (χ1v) is 42.5. The molecule has 0 heterocycles. The molecule has 5 fully saturated rings. The third-order valence-electron chi connectivity index (χ3n) is 25.1. The van der Waals surface area contributed by atoms with Gasteiger partial charge in [0.05, 0.1) is 19.3 Å². The molecule has 9 nitrogen and oxygen atoms in total. The summed E-state index contributed by atoms with van der Waals surface area (Å²) in [5, 5.41) is 18.0. The zero-order valence-electron chi connectivity index (χ0n) is 69.3. The van der Waals surface area contributed by atoms with E-state index in [1.54, 1.807) is 24.3 Å². The first-order chi connectivity index (χ1) is 53.2. The van der Waals surface area contributed by atoms with Gasteiger partial charge in [-0.1, -0.05) is 235 Å². The highest BCUT2D eigenvalue weighted by Crippen LogP contribution is 2.62. The van der Waals surface area contributed by atoms with Gasteiger partial charge in [-0.15, -0.1) is 0 Å². The lowest BCUT2D eigenvalue weighted by Crippen LogP contribution is -2.54. The summed E-state index contributed by atoms with van der Waals surface area (Å²) in [6.45, 7) is 32.7. The summed E-state index contributed by atoms with van der Waals surface area (Å²) in [6, 6.07) is 68.2. The minimum Gasteiger partial charge on any atom is -0.508 e. The van der Waals surface area contributed by atoms with Crippen molar-refractivity contribution in [2.75, 3.05) is 19.8 Å². The van der Waals surface area contributed by atoms with Gasteiger partial charge in [0.25, 0.3) is 0 Å². The summed E-state index contributed by atoms with van der Waals surface area (Å²) in [4.78, 5) is 0. The molecular weight excluding hydrogens is 1360 g/mol. The molecule has 11 unspecified atom stereocenters. The highest BCUT2D eigenvalue weighted by molar-refractivity contribution is 5.78. The quantitative estimate of drug-likeness (QED) is 0.0242. The number of phenolic OH excluding ortho intramolecular Hbond substituents is 2. The number of aromatic hydroxyl groups is 2. The first kappa shape index (κ1) is 84.6. The van der Waals surface area contributed by atoms with Crippen LogP contribution in [-0.4, -0.2) is 55.0 Å². The molecule has 110 heavy (non-hydrogen) atoms. The van der Waals surface area contributed by atoms with Gasteiger partial charge in [-0.2, -0.15) is 0 Å². The Morgan fingerprint density at radius 1 is 0.400 bits per heavy atom. The molecule has 8 aromatic carbocycles. The van der Waals surface area contributed by atoms with Crippen LogP contribution in [0.3, 0.4) is 0 Å². The van der Waals surface area contributed by atoms with Gasteiger partial charge < -0.3 is 43.4 Å². The second-order valence-corrected chi connectivity index (χ2v) is 33.6. The van der Waals surface area contributed by atoms with E-state index in [9.17, 15) is 0 Å². The molecule has 0 spiro atoms. The minimum atomic E-state index is -0.226. The molecule has 11 atom stereocenters. The second-order valence-electron chi connectivity index (χ2n) is 33.6. The van der Waals surface area contributed by atoms with Crippen LogP contribution >= 0.6 is 0 Å². The molecule has 9 heteroatoms. The van der Waals surface area contributed by atoms with Crippen LogP contribution in [0.1, 0.15) is 281 Å². The van der Waals surface area contributed by atoms with Crippen molar-refractivity contribution in [2.24, 2.45) is 40.4 Å². The van der Waals surface area contributed by atoms with Crippen LogP contribution in [-0.2, 0) is 14.2 Å². The lowest BCUT2D eigenvalue weighted by molar-refractivity contribution is -0.217. The molecule has 7 aliphatic rings. The Morgan fingerprint density at radius 2 is 0.809 bits per heavy atom. The van der Waals surface area contributed by atoms with Crippen LogP contribution in [0.2, 0.25) is 0 Å². The van der Waals surface area contributed by atoms with E-state index >= 15 is 0 Å². The number of phenols is 2. The van der Waals surface area contributed by atoms with Gasteiger partial charge in [-0.05, 0) is 286 Å². The maximum Gasteiger partial charge on any atom is 0.206 e. The number of allylic oxidation sites excluding steroid dienone is 2. The summed E-state index contributed by atoms with van der Waals surface area (Å²) in [7, 11) is 0. The Balaban J connectivity index is 0.000000155. The largest absolute Gasteiger partial charge is 0.508 e. The highest BCUT2D eigenvalue weighted by atomic mass is 16.7. The molecule has 2 N–H and O–H groups in total. The number of hydrogen-bond donors (Lipinski definition) is 2. The number of fused-ring (bicyclic) bond motifs is 5. The molecule has 7 aliphatic carbocycles. The van der Waals surface area contributed by atoms with E-state index in [4.69, 9.17) is 43.4 Å². The van der Waals surface area contributed by atoms with Gasteiger partial charge in [0.15, 0.2) is 6.29 Å². The molecule has 0 amide bonds. The van der Waals surface area contributed by atoms with Crippen molar-refractivity contribution in [2.45, 2.75) is 267 Å². The lowest BCUT2D eigenvalue weighted by Gasteiger charge is -2.58. The topological polar surface area (TPSA) is 105 Å². The summed E-state index contributed by atoms with van der Waals surface area (Å²) < 4.78 is 44.5. The third kappa shape index (κ3) is 23.2. The van der Waals surface area contributed by atoms with Crippen molar-refractivity contribution in [1.82, 2.24) is 0 Å². The third-order valence-corrected chi connectivity index (χ3v) is 25.1. The van der Waals surface area contributed by atoms with Crippen molar-refractivity contribution >= 4 is 0 Å². The van der Waals surface area contributed by atoms with Crippen LogP contribution in [0.5, 0.6) is 34.5 Å².